The Morgan fingerprint density at radius 2 is 1.80 bits per heavy atom. The van der Waals surface area contributed by atoms with Crippen molar-refractivity contribution in [2.75, 3.05) is 5.75 Å². The molecule has 4 nitrogen and oxygen atoms in total. The molecule has 2 rings (SSSR count). The molecule has 5 heteroatoms. The molecule has 0 aliphatic heterocycles. The fraction of sp³-hybridized carbons (Fsp3) is 0.400. The van der Waals surface area contributed by atoms with E-state index >= 15 is 0 Å². The molecule has 108 valence electrons. The summed E-state index contributed by atoms with van der Waals surface area (Å²) in [6.45, 7) is 6.74. The van der Waals surface area contributed by atoms with Gasteiger partial charge in [-0.3, -0.25) is 0 Å². The van der Waals surface area contributed by atoms with E-state index < -0.39 is 9.84 Å². The van der Waals surface area contributed by atoms with Crippen LogP contribution in [0.15, 0.2) is 47.9 Å². The van der Waals surface area contributed by atoms with Crippen LogP contribution in [0.5, 0.6) is 0 Å². The van der Waals surface area contributed by atoms with E-state index in [0.29, 0.717) is 11.4 Å². The first-order valence-electron chi connectivity index (χ1n) is 6.58. The van der Waals surface area contributed by atoms with Gasteiger partial charge in [-0.1, -0.05) is 32.9 Å². The lowest BCUT2D eigenvalue weighted by molar-refractivity contribution is 0.583. The number of hydrogen-bond acceptors (Lipinski definition) is 3. The number of sulfone groups is 1. The zero-order valence-electron chi connectivity index (χ0n) is 12.1. The normalized spacial score (nSPS) is 12.6. The molecule has 0 aliphatic rings. The second kappa shape index (κ2) is 5.40. The Labute approximate surface area is 120 Å². The van der Waals surface area contributed by atoms with Gasteiger partial charge in [-0.15, -0.1) is 0 Å². The molecule has 0 fully saturated rings. The van der Waals surface area contributed by atoms with Gasteiger partial charge in [0.2, 0.25) is 0 Å². The lowest BCUT2D eigenvalue weighted by Gasteiger charge is -2.19. The molecule has 0 aliphatic carbocycles. The van der Waals surface area contributed by atoms with Crippen LogP contribution in [0, 0.1) is 0 Å². The summed E-state index contributed by atoms with van der Waals surface area (Å²) >= 11 is 0. The minimum Gasteiger partial charge on any atom is -0.336 e. The highest BCUT2D eigenvalue weighted by Crippen LogP contribution is 2.23. The van der Waals surface area contributed by atoms with Crippen LogP contribution in [-0.2, 0) is 21.8 Å². The summed E-state index contributed by atoms with van der Waals surface area (Å²) in [6.07, 6.45) is 5.03. The molecule has 2 aromatic rings. The van der Waals surface area contributed by atoms with E-state index in [1.807, 2.05) is 12.1 Å². The molecule has 0 radical (unpaired) electrons. The van der Waals surface area contributed by atoms with Crippen molar-refractivity contribution < 1.29 is 8.42 Å². The predicted molar refractivity (Wildman–Crippen MR) is 79.4 cm³/mol. The maximum Gasteiger partial charge on any atom is 0.180 e. The van der Waals surface area contributed by atoms with E-state index in [2.05, 4.69) is 25.8 Å². The molecule has 1 aromatic heterocycles. The van der Waals surface area contributed by atoms with Gasteiger partial charge < -0.3 is 4.57 Å². The molecular weight excluding hydrogens is 272 g/mol. The highest BCUT2D eigenvalue weighted by atomic mass is 32.2. The third-order valence-corrected chi connectivity index (χ3v) is 4.97. The van der Waals surface area contributed by atoms with Gasteiger partial charge >= 0.3 is 0 Å². The van der Waals surface area contributed by atoms with Crippen molar-refractivity contribution in [3.8, 4) is 0 Å². The molecule has 0 bridgehead atoms. The van der Waals surface area contributed by atoms with E-state index in [1.54, 1.807) is 35.4 Å². The van der Waals surface area contributed by atoms with Crippen LogP contribution in [0.2, 0.25) is 0 Å². The van der Waals surface area contributed by atoms with Crippen LogP contribution in [0.1, 0.15) is 26.3 Å². The van der Waals surface area contributed by atoms with Gasteiger partial charge in [0.05, 0.1) is 17.0 Å². The number of aromatic nitrogens is 2. The van der Waals surface area contributed by atoms with Crippen molar-refractivity contribution >= 4 is 9.84 Å². The van der Waals surface area contributed by atoms with Gasteiger partial charge in [-0.05, 0) is 23.1 Å². The quantitative estimate of drug-likeness (QED) is 0.870. The number of hydrogen-bond donors (Lipinski definition) is 0. The minimum absolute atomic E-state index is 0.0269. The Morgan fingerprint density at radius 1 is 1.15 bits per heavy atom. The standard InChI is InChI=1S/C15H20N2O2S/c1-15(2,3)13-4-6-14(7-5-13)20(18,19)11-10-17-9-8-16-12-17/h4-9,12H,10-11H2,1-3H3. The molecule has 0 N–H and O–H groups in total. The molecule has 0 spiro atoms. The Hall–Kier alpha value is -1.62. The predicted octanol–water partition coefficient (Wildman–Crippen LogP) is 2.65. The molecule has 0 atom stereocenters. The smallest absolute Gasteiger partial charge is 0.180 e. The summed E-state index contributed by atoms with van der Waals surface area (Å²) in [5.41, 5.74) is 1.16. The van der Waals surface area contributed by atoms with Crippen molar-refractivity contribution in [1.29, 1.82) is 0 Å². The van der Waals surface area contributed by atoms with Crippen molar-refractivity contribution in [2.45, 2.75) is 37.6 Å². The van der Waals surface area contributed by atoms with Gasteiger partial charge in [0.25, 0.3) is 0 Å². The Kier molecular flexibility index (Phi) is 3.99. The highest BCUT2D eigenvalue weighted by Gasteiger charge is 2.17. The second-order valence-corrected chi connectivity index (χ2v) is 8.00. The summed E-state index contributed by atoms with van der Waals surface area (Å²) in [5, 5.41) is 0. The first-order chi connectivity index (χ1) is 9.29. The topological polar surface area (TPSA) is 52.0 Å². The lowest BCUT2D eigenvalue weighted by atomic mass is 9.87. The third kappa shape index (κ3) is 3.48. The average molecular weight is 292 g/mol. The van der Waals surface area contributed by atoms with Crippen molar-refractivity contribution in [2.24, 2.45) is 0 Å². The average Bonchev–Trinajstić information content (AvgIpc) is 2.89. The van der Waals surface area contributed by atoms with Crippen molar-refractivity contribution in [1.82, 2.24) is 9.55 Å². The van der Waals surface area contributed by atoms with Crippen LogP contribution in [0.4, 0.5) is 0 Å². The first kappa shape index (κ1) is 14.8. The van der Waals surface area contributed by atoms with E-state index in [-0.39, 0.29) is 11.2 Å². The summed E-state index contributed by atoms with van der Waals surface area (Å²) in [6, 6.07) is 7.18. The van der Waals surface area contributed by atoms with Crippen molar-refractivity contribution in [3.63, 3.8) is 0 Å². The van der Waals surface area contributed by atoms with Crippen LogP contribution >= 0.6 is 0 Å². The molecule has 1 heterocycles. The van der Waals surface area contributed by atoms with Gasteiger partial charge in [0.1, 0.15) is 0 Å². The van der Waals surface area contributed by atoms with Crippen molar-refractivity contribution in [3.05, 3.63) is 48.5 Å². The van der Waals surface area contributed by atoms with E-state index in [0.717, 1.165) is 5.56 Å². The lowest BCUT2D eigenvalue weighted by Crippen LogP contribution is -2.14. The minimum atomic E-state index is -3.25. The summed E-state index contributed by atoms with van der Waals surface area (Å²) in [4.78, 5) is 4.28. The van der Waals surface area contributed by atoms with Crippen LogP contribution in [0.3, 0.4) is 0 Å². The molecule has 20 heavy (non-hydrogen) atoms. The summed E-state index contributed by atoms with van der Waals surface area (Å²) < 4.78 is 26.3. The van der Waals surface area contributed by atoms with Gasteiger partial charge in [-0.25, -0.2) is 13.4 Å². The fourth-order valence-electron chi connectivity index (χ4n) is 1.92. The third-order valence-electron chi connectivity index (χ3n) is 3.26. The largest absolute Gasteiger partial charge is 0.336 e. The van der Waals surface area contributed by atoms with E-state index in [4.69, 9.17) is 0 Å². The van der Waals surface area contributed by atoms with Crippen LogP contribution in [0.25, 0.3) is 0 Å². The highest BCUT2D eigenvalue weighted by molar-refractivity contribution is 7.91. The zero-order valence-corrected chi connectivity index (χ0v) is 12.9. The number of aryl methyl sites for hydroxylation is 1. The van der Waals surface area contributed by atoms with Gasteiger partial charge in [0.15, 0.2) is 9.84 Å². The molecule has 0 saturated heterocycles. The maximum absolute atomic E-state index is 12.3. The molecule has 0 amide bonds. The number of imidazole rings is 1. The van der Waals surface area contributed by atoms with Crippen LogP contribution in [-0.4, -0.2) is 23.7 Å². The van der Waals surface area contributed by atoms with Crippen LogP contribution < -0.4 is 0 Å². The molecule has 0 saturated carbocycles. The summed E-state index contributed by atoms with van der Waals surface area (Å²) in [7, 11) is -3.25. The number of benzene rings is 1. The molecule has 1 aromatic carbocycles. The fourth-order valence-corrected chi connectivity index (χ4v) is 3.16. The SMILES string of the molecule is CC(C)(C)c1ccc(S(=O)(=O)CCn2ccnc2)cc1. The number of nitrogens with zero attached hydrogens (tertiary/aromatic N) is 2. The summed E-state index contributed by atoms with van der Waals surface area (Å²) in [5.74, 6) is 0.0816. The number of rotatable bonds is 4. The van der Waals surface area contributed by atoms with Gasteiger partial charge in [0, 0.05) is 18.9 Å². The Bertz CT molecular complexity index is 651. The second-order valence-electron chi connectivity index (χ2n) is 5.89. The molecule has 0 unspecified atom stereocenters. The van der Waals surface area contributed by atoms with E-state index in [9.17, 15) is 8.42 Å². The monoisotopic (exact) mass is 292 g/mol. The zero-order chi connectivity index (χ0) is 14.8. The van der Waals surface area contributed by atoms with Gasteiger partial charge in [-0.2, -0.15) is 0 Å². The maximum atomic E-state index is 12.3. The first-order valence-corrected chi connectivity index (χ1v) is 8.23. The van der Waals surface area contributed by atoms with E-state index in [1.165, 1.54) is 0 Å². The molecular formula is C15H20N2O2S. The Morgan fingerprint density at radius 3 is 2.30 bits per heavy atom. The Balaban J connectivity index is 2.13.